The second-order valence-corrected chi connectivity index (χ2v) is 3.58. The number of hydrogen-bond acceptors (Lipinski definition) is 2. The molecule has 0 bridgehead atoms. The topological polar surface area (TPSA) is 63.3 Å². The van der Waals surface area contributed by atoms with E-state index in [1.807, 2.05) is 32.0 Å². The molecular weight excluding hydrogens is 178 g/mol. The summed E-state index contributed by atoms with van der Waals surface area (Å²) in [6, 6.07) is 5.13. The molecule has 0 aromatic heterocycles. The van der Waals surface area contributed by atoms with Crippen molar-refractivity contribution in [3.05, 3.63) is 34.9 Å². The Morgan fingerprint density at radius 3 is 2.64 bits per heavy atom. The van der Waals surface area contributed by atoms with Gasteiger partial charge in [-0.2, -0.15) is 0 Å². The van der Waals surface area contributed by atoms with Crippen molar-refractivity contribution < 1.29 is 9.90 Å². The zero-order chi connectivity index (χ0) is 10.7. The molecule has 1 aromatic carbocycles. The van der Waals surface area contributed by atoms with E-state index < -0.39 is 12.0 Å². The number of carboxylic acids is 1. The molecule has 0 aliphatic heterocycles. The van der Waals surface area contributed by atoms with E-state index in [1.54, 1.807) is 0 Å². The fourth-order valence-electron chi connectivity index (χ4n) is 1.40. The maximum Gasteiger partial charge on any atom is 0.320 e. The lowest BCUT2D eigenvalue weighted by Gasteiger charge is -2.09. The Labute approximate surface area is 83.6 Å². The molecule has 0 amide bonds. The van der Waals surface area contributed by atoms with Gasteiger partial charge in [-0.25, -0.2) is 0 Å². The molecule has 0 spiro atoms. The van der Waals surface area contributed by atoms with Gasteiger partial charge in [0.25, 0.3) is 0 Å². The minimum Gasteiger partial charge on any atom is -0.480 e. The van der Waals surface area contributed by atoms with Crippen molar-refractivity contribution in [1.29, 1.82) is 0 Å². The average Bonchev–Trinajstić information content (AvgIpc) is 2.09. The lowest BCUT2D eigenvalue weighted by atomic mass is 10.00. The summed E-state index contributed by atoms with van der Waals surface area (Å²) < 4.78 is 0. The van der Waals surface area contributed by atoms with Crippen molar-refractivity contribution in [2.24, 2.45) is 5.73 Å². The van der Waals surface area contributed by atoms with Crippen LogP contribution in [0.15, 0.2) is 18.2 Å². The fraction of sp³-hybridized carbons (Fsp3) is 0.364. The Bertz CT molecular complexity index is 347. The predicted molar refractivity (Wildman–Crippen MR) is 55.2 cm³/mol. The molecule has 3 nitrogen and oxygen atoms in total. The lowest BCUT2D eigenvalue weighted by molar-refractivity contribution is -0.138. The van der Waals surface area contributed by atoms with Crippen LogP contribution in [-0.2, 0) is 11.2 Å². The highest BCUT2D eigenvalue weighted by Crippen LogP contribution is 2.12. The third kappa shape index (κ3) is 2.57. The van der Waals surface area contributed by atoms with E-state index in [4.69, 9.17) is 10.8 Å². The van der Waals surface area contributed by atoms with Crippen LogP contribution in [0.5, 0.6) is 0 Å². The van der Waals surface area contributed by atoms with Gasteiger partial charge < -0.3 is 10.8 Å². The molecule has 0 saturated heterocycles. The van der Waals surface area contributed by atoms with Gasteiger partial charge >= 0.3 is 5.97 Å². The summed E-state index contributed by atoms with van der Waals surface area (Å²) >= 11 is 0. The summed E-state index contributed by atoms with van der Waals surface area (Å²) in [7, 11) is 0. The van der Waals surface area contributed by atoms with Crippen LogP contribution in [0.3, 0.4) is 0 Å². The summed E-state index contributed by atoms with van der Waals surface area (Å²) in [5.41, 5.74) is 8.74. The second kappa shape index (κ2) is 4.24. The normalized spacial score (nSPS) is 12.5. The minimum absolute atomic E-state index is 0.390. The first-order valence-corrected chi connectivity index (χ1v) is 4.55. The highest BCUT2D eigenvalue weighted by atomic mass is 16.4. The number of carbonyl (C=O) groups is 1. The van der Waals surface area contributed by atoms with Crippen molar-refractivity contribution >= 4 is 5.97 Å². The first-order chi connectivity index (χ1) is 6.50. The molecule has 0 aliphatic carbocycles. The maximum absolute atomic E-state index is 10.6. The molecule has 0 heterocycles. The number of aryl methyl sites for hydroxylation is 2. The lowest BCUT2D eigenvalue weighted by Crippen LogP contribution is -2.32. The number of aliphatic carboxylic acids is 1. The maximum atomic E-state index is 10.6. The van der Waals surface area contributed by atoms with Crippen LogP contribution in [0.1, 0.15) is 16.7 Å². The third-order valence-corrected chi connectivity index (χ3v) is 2.26. The van der Waals surface area contributed by atoms with Gasteiger partial charge in [0.1, 0.15) is 6.04 Å². The highest BCUT2D eigenvalue weighted by Gasteiger charge is 2.12. The molecule has 1 atom stereocenters. The predicted octanol–water partition coefficient (Wildman–Crippen LogP) is 1.26. The van der Waals surface area contributed by atoms with E-state index in [0.717, 1.165) is 11.1 Å². The number of nitrogens with two attached hydrogens (primary N) is 1. The SMILES string of the molecule is Cc1ccc(C[C@@H](N)C(=O)O)c(C)c1. The number of rotatable bonds is 3. The summed E-state index contributed by atoms with van der Waals surface area (Å²) in [6.45, 7) is 3.98. The van der Waals surface area contributed by atoms with Crippen LogP contribution in [0.25, 0.3) is 0 Å². The first kappa shape index (κ1) is 10.7. The van der Waals surface area contributed by atoms with Crippen LogP contribution in [-0.4, -0.2) is 17.1 Å². The molecule has 14 heavy (non-hydrogen) atoms. The zero-order valence-electron chi connectivity index (χ0n) is 8.45. The van der Waals surface area contributed by atoms with E-state index in [1.165, 1.54) is 5.56 Å². The van der Waals surface area contributed by atoms with Gasteiger partial charge in [0.15, 0.2) is 0 Å². The van der Waals surface area contributed by atoms with Gasteiger partial charge in [-0.05, 0) is 31.4 Å². The number of carboxylic acid groups (broad SMARTS) is 1. The van der Waals surface area contributed by atoms with Crippen molar-refractivity contribution in [3.63, 3.8) is 0 Å². The van der Waals surface area contributed by atoms with E-state index in [9.17, 15) is 4.79 Å². The van der Waals surface area contributed by atoms with Crippen molar-refractivity contribution in [3.8, 4) is 0 Å². The van der Waals surface area contributed by atoms with Crippen LogP contribution in [0.4, 0.5) is 0 Å². The molecule has 1 rings (SSSR count). The van der Waals surface area contributed by atoms with Crippen molar-refractivity contribution in [1.82, 2.24) is 0 Å². The smallest absolute Gasteiger partial charge is 0.320 e. The molecule has 3 N–H and O–H groups in total. The Balaban J connectivity index is 2.82. The summed E-state index contributed by atoms with van der Waals surface area (Å²) in [6.07, 6.45) is 0.390. The Morgan fingerprint density at radius 2 is 2.14 bits per heavy atom. The minimum atomic E-state index is -0.954. The largest absolute Gasteiger partial charge is 0.480 e. The average molecular weight is 193 g/mol. The molecule has 0 fully saturated rings. The summed E-state index contributed by atoms with van der Waals surface area (Å²) in [4.78, 5) is 10.6. The summed E-state index contributed by atoms with van der Waals surface area (Å²) in [5, 5.41) is 8.66. The van der Waals surface area contributed by atoms with Crippen LogP contribution >= 0.6 is 0 Å². The third-order valence-electron chi connectivity index (χ3n) is 2.26. The monoisotopic (exact) mass is 193 g/mol. The van der Waals surface area contributed by atoms with Crippen molar-refractivity contribution in [2.45, 2.75) is 26.3 Å². The van der Waals surface area contributed by atoms with Crippen LogP contribution in [0.2, 0.25) is 0 Å². The van der Waals surface area contributed by atoms with Gasteiger partial charge in [0, 0.05) is 0 Å². The molecule has 76 valence electrons. The molecular formula is C11H15NO2. The number of hydrogen-bond donors (Lipinski definition) is 2. The molecule has 1 aromatic rings. The van der Waals surface area contributed by atoms with Crippen molar-refractivity contribution in [2.75, 3.05) is 0 Å². The van der Waals surface area contributed by atoms with Gasteiger partial charge in [-0.15, -0.1) is 0 Å². The zero-order valence-corrected chi connectivity index (χ0v) is 8.45. The van der Waals surface area contributed by atoms with Gasteiger partial charge in [0.2, 0.25) is 0 Å². The van der Waals surface area contributed by atoms with E-state index in [0.29, 0.717) is 6.42 Å². The quantitative estimate of drug-likeness (QED) is 0.759. The Kier molecular flexibility index (Phi) is 3.25. The standard InChI is InChI=1S/C11H15NO2/c1-7-3-4-9(8(2)5-7)6-10(12)11(13)14/h3-5,10H,6,12H2,1-2H3,(H,13,14)/t10-/m1/s1. The van der Waals surface area contributed by atoms with Gasteiger partial charge in [-0.3, -0.25) is 4.79 Å². The first-order valence-electron chi connectivity index (χ1n) is 4.55. The molecule has 3 heteroatoms. The number of benzene rings is 1. The fourth-order valence-corrected chi connectivity index (χ4v) is 1.40. The molecule has 0 unspecified atom stereocenters. The van der Waals surface area contributed by atoms with E-state index in [2.05, 4.69) is 0 Å². The van der Waals surface area contributed by atoms with Crippen LogP contribution in [0, 0.1) is 13.8 Å². The van der Waals surface area contributed by atoms with Crippen LogP contribution < -0.4 is 5.73 Å². The van der Waals surface area contributed by atoms with Gasteiger partial charge in [0.05, 0.1) is 0 Å². The van der Waals surface area contributed by atoms with E-state index >= 15 is 0 Å². The highest BCUT2D eigenvalue weighted by molar-refractivity contribution is 5.73. The van der Waals surface area contributed by atoms with Gasteiger partial charge in [-0.1, -0.05) is 23.8 Å². The summed E-state index contributed by atoms with van der Waals surface area (Å²) in [5.74, 6) is -0.954. The molecule has 0 saturated carbocycles. The molecule has 0 radical (unpaired) electrons. The Hall–Kier alpha value is -1.35. The Morgan fingerprint density at radius 1 is 1.50 bits per heavy atom. The van der Waals surface area contributed by atoms with E-state index in [-0.39, 0.29) is 0 Å². The molecule has 0 aliphatic rings. The second-order valence-electron chi connectivity index (χ2n) is 3.58.